The van der Waals surface area contributed by atoms with Gasteiger partial charge in [0.25, 0.3) is 0 Å². The summed E-state index contributed by atoms with van der Waals surface area (Å²) in [6, 6.07) is 7.56. The van der Waals surface area contributed by atoms with Crippen molar-refractivity contribution in [1.82, 2.24) is 15.1 Å². The molecule has 3 amide bonds. The van der Waals surface area contributed by atoms with Gasteiger partial charge < -0.3 is 29.7 Å². The fourth-order valence-corrected chi connectivity index (χ4v) is 9.08. The normalized spacial score (nSPS) is 26.9. The summed E-state index contributed by atoms with van der Waals surface area (Å²) < 4.78 is 12.3. The number of esters is 1. The third-order valence-corrected chi connectivity index (χ3v) is 10.5. The molecule has 7 atom stereocenters. The Labute approximate surface area is 293 Å². The first-order valence-corrected chi connectivity index (χ1v) is 17.8. The van der Waals surface area contributed by atoms with Crippen LogP contribution in [0.15, 0.2) is 55.6 Å². The highest BCUT2D eigenvalue weighted by molar-refractivity contribution is 9.09. The molecular formula is C37H52BrN3O7. The number of rotatable bonds is 16. The van der Waals surface area contributed by atoms with Gasteiger partial charge in [0.1, 0.15) is 18.2 Å². The first kappa shape index (κ1) is 37.8. The van der Waals surface area contributed by atoms with E-state index in [0.717, 1.165) is 5.56 Å². The van der Waals surface area contributed by atoms with Crippen molar-refractivity contribution in [3.8, 4) is 0 Å². The molecule has 10 nitrogen and oxygen atoms in total. The van der Waals surface area contributed by atoms with E-state index in [2.05, 4.69) is 55.2 Å². The Morgan fingerprint density at radius 2 is 1.88 bits per heavy atom. The Hall–Kier alpha value is -3.02. The van der Waals surface area contributed by atoms with E-state index in [-0.39, 0.29) is 61.2 Å². The zero-order valence-electron chi connectivity index (χ0n) is 29.0. The minimum atomic E-state index is -1.25. The highest BCUT2D eigenvalue weighted by Gasteiger charge is 2.76. The molecule has 3 saturated heterocycles. The topological polar surface area (TPSA) is 125 Å². The van der Waals surface area contributed by atoms with Crippen molar-refractivity contribution >= 4 is 39.6 Å². The number of allylic oxidation sites excluding steroid dienone is 1. The number of aliphatic hydroxyl groups is 1. The van der Waals surface area contributed by atoms with E-state index in [9.17, 15) is 24.3 Å². The lowest BCUT2D eigenvalue weighted by Crippen LogP contribution is -2.61. The van der Waals surface area contributed by atoms with Crippen molar-refractivity contribution in [3.05, 3.63) is 61.2 Å². The summed E-state index contributed by atoms with van der Waals surface area (Å²) in [6.45, 7) is 18.2. The van der Waals surface area contributed by atoms with Crippen LogP contribution in [0.1, 0.15) is 78.3 Å². The number of likely N-dealkylation sites (tertiary alicyclic amines) is 1. The molecule has 3 fully saturated rings. The van der Waals surface area contributed by atoms with E-state index in [1.165, 1.54) is 4.90 Å². The zero-order valence-corrected chi connectivity index (χ0v) is 30.5. The summed E-state index contributed by atoms with van der Waals surface area (Å²) in [6.07, 6.45) is 4.67. The zero-order chi connectivity index (χ0) is 35.4. The number of halogens is 1. The Kier molecular flexibility index (Phi) is 12.0. The maximum Gasteiger partial charge on any atom is 0.306 e. The molecule has 0 aliphatic carbocycles. The molecule has 3 heterocycles. The molecule has 48 heavy (non-hydrogen) atoms. The summed E-state index contributed by atoms with van der Waals surface area (Å²) in [5.74, 6) is -3.21. The first-order chi connectivity index (χ1) is 22.6. The summed E-state index contributed by atoms with van der Waals surface area (Å²) in [7, 11) is 0. The number of benzene rings is 1. The number of fused-ring (bicyclic) bond motifs is 1. The largest absolute Gasteiger partial charge is 0.463 e. The summed E-state index contributed by atoms with van der Waals surface area (Å²) >= 11 is 3.74. The Morgan fingerprint density at radius 1 is 1.19 bits per heavy atom. The van der Waals surface area contributed by atoms with Gasteiger partial charge in [-0.1, -0.05) is 79.2 Å². The molecule has 1 unspecified atom stereocenters. The van der Waals surface area contributed by atoms with Gasteiger partial charge in [-0.3, -0.25) is 19.2 Å². The third kappa shape index (κ3) is 7.73. The second-order valence-corrected chi connectivity index (χ2v) is 16.2. The van der Waals surface area contributed by atoms with E-state index in [1.807, 2.05) is 44.2 Å². The lowest BCUT2D eigenvalue weighted by Gasteiger charge is -2.45. The predicted molar refractivity (Wildman–Crippen MR) is 187 cm³/mol. The van der Waals surface area contributed by atoms with Gasteiger partial charge in [0.15, 0.2) is 0 Å². The van der Waals surface area contributed by atoms with Crippen LogP contribution in [0.3, 0.4) is 0 Å². The number of hydrogen-bond acceptors (Lipinski definition) is 7. The highest BCUT2D eigenvalue weighted by atomic mass is 79.9. The van der Waals surface area contributed by atoms with Crippen LogP contribution in [0.4, 0.5) is 0 Å². The van der Waals surface area contributed by atoms with E-state index < -0.39 is 53.0 Å². The lowest BCUT2D eigenvalue weighted by atomic mass is 9.70. The van der Waals surface area contributed by atoms with Gasteiger partial charge in [0.2, 0.25) is 17.7 Å². The summed E-state index contributed by atoms with van der Waals surface area (Å²) in [5, 5.41) is 12.8. The van der Waals surface area contributed by atoms with Gasteiger partial charge in [-0.2, -0.15) is 0 Å². The molecule has 0 radical (unpaired) electrons. The molecule has 0 aromatic heterocycles. The van der Waals surface area contributed by atoms with Crippen LogP contribution >= 0.6 is 15.9 Å². The highest BCUT2D eigenvalue weighted by Crippen LogP contribution is 2.60. The van der Waals surface area contributed by atoms with E-state index in [4.69, 9.17) is 9.47 Å². The molecule has 3 aliphatic heterocycles. The van der Waals surface area contributed by atoms with Crippen LogP contribution < -0.4 is 5.32 Å². The Bertz CT molecular complexity index is 1360. The molecule has 0 saturated carbocycles. The lowest BCUT2D eigenvalue weighted by molar-refractivity contribution is -0.153. The standard InChI is InChI=1S/C37H52BrN3O7/c1-8-10-17-27(43)47-22-26(24-15-12-11-13-16-24)39-32(44)28-29-33(45)40(19-14-20-42)31(37(29)21-25(38)30(28)48-37)34(46)41(18-9-2)36(6,7)23-35(3,4)5/h8-9,11-13,15-16,25-26,28-31,42H,1-2,10,14,17-23H2,3-7H3,(H,39,44)/t25?,26-,28-,29+,30-,31-,37+/m1/s1. The van der Waals surface area contributed by atoms with Crippen molar-refractivity contribution in [2.24, 2.45) is 17.3 Å². The van der Waals surface area contributed by atoms with Crippen LogP contribution in [-0.4, -0.2) is 93.0 Å². The predicted octanol–water partition coefficient (Wildman–Crippen LogP) is 4.71. The molecule has 11 heteroatoms. The van der Waals surface area contributed by atoms with E-state index in [1.54, 1.807) is 17.1 Å². The minimum absolute atomic E-state index is 0.0887. The molecule has 4 rings (SSSR count). The first-order valence-electron chi connectivity index (χ1n) is 16.9. The van der Waals surface area contributed by atoms with Crippen LogP contribution in [-0.2, 0) is 28.7 Å². The number of alkyl halides is 1. The number of hydrogen-bond donors (Lipinski definition) is 2. The maximum atomic E-state index is 14.9. The second kappa shape index (κ2) is 15.3. The second-order valence-electron chi connectivity index (χ2n) is 15.0. The van der Waals surface area contributed by atoms with Gasteiger partial charge in [-0.05, 0) is 50.5 Å². The van der Waals surface area contributed by atoms with E-state index in [0.29, 0.717) is 19.3 Å². The average Bonchev–Trinajstić information content (AvgIpc) is 3.61. The fraction of sp³-hybridized carbons (Fsp3) is 0.622. The maximum absolute atomic E-state index is 14.9. The van der Waals surface area contributed by atoms with Gasteiger partial charge in [0.05, 0.1) is 24.0 Å². The number of carbonyl (C=O) groups is 4. The number of ether oxygens (including phenoxy) is 2. The van der Waals surface area contributed by atoms with Gasteiger partial charge in [0, 0.05) is 36.5 Å². The number of nitrogens with one attached hydrogen (secondary N) is 1. The molecule has 1 spiro atoms. The number of amides is 3. The quantitative estimate of drug-likeness (QED) is 0.143. The number of aliphatic hydroxyl groups excluding tert-OH is 1. The van der Waals surface area contributed by atoms with Crippen molar-refractivity contribution < 1.29 is 33.8 Å². The molecule has 2 bridgehead atoms. The summed E-state index contributed by atoms with van der Waals surface area (Å²) in [4.78, 5) is 59.0. The van der Waals surface area contributed by atoms with Crippen LogP contribution in [0.2, 0.25) is 0 Å². The van der Waals surface area contributed by atoms with Crippen molar-refractivity contribution in [2.75, 3.05) is 26.3 Å². The molecule has 3 aliphatic rings. The number of carbonyl (C=O) groups excluding carboxylic acids is 4. The van der Waals surface area contributed by atoms with Gasteiger partial charge in [-0.15, -0.1) is 13.2 Å². The summed E-state index contributed by atoms with van der Waals surface area (Å²) in [5.41, 5.74) is -1.18. The molecule has 1 aromatic carbocycles. The SMILES string of the molecule is C=CCCC(=O)OC[C@@H](NC(=O)[C@H]1[C@@H]2O[C@@]3(CC2Br)[C@@H]1C(=O)N(CCCO)[C@@H]3C(=O)N(CC=C)C(C)(C)CC(C)(C)C)c1ccccc1. The molecule has 264 valence electrons. The van der Waals surface area contributed by atoms with Crippen LogP contribution in [0, 0.1) is 17.3 Å². The monoisotopic (exact) mass is 729 g/mol. The van der Waals surface area contributed by atoms with Gasteiger partial charge >= 0.3 is 5.97 Å². The Balaban J connectivity index is 1.69. The number of nitrogens with zero attached hydrogens (tertiary/aromatic N) is 2. The Morgan fingerprint density at radius 3 is 2.48 bits per heavy atom. The van der Waals surface area contributed by atoms with Crippen molar-refractivity contribution in [3.63, 3.8) is 0 Å². The smallest absolute Gasteiger partial charge is 0.306 e. The van der Waals surface area contributed by atoms with Crippen LogP contribution in [0.5, 0.6) is 0 Å². The van der Waals surface area contributed by atoms with Crippen molar-refractivity contribution in [1.29, 1.82) is 0 Å². The molecule has 2 N–H and O–H groups in total. The fourth-order valence-electron chi connectivity index (χ4n) is 8.14. The minimum Gasteiger partial charge on any atom is -0.463 e. The molecule has 1 aromatic rings. The van der Waals surface area contributed by atoms with Gasteiger partial charge in [-0.25, -0.2) is 0 Å². The van der Waals surface area contributed by atoms with Crippen LogP contribution in [0.25, 0.3) is 0 Å². The van der Waals surface area contributed by atoms with Crippen molar-refractivity contribution in [2.45, 2.75) is 101 Å². The third-order valence-electron chi connectivity index (χ3n) is 9.64. The molecular weight excluding hydrogens is 678 g/mol. The van der Waals surface area contributed by atoms with E-state index >= 15 is 0 Å². The average molecular weight is 731 g/mol.